The number of methoxy groups -OCH3 is 1. The lowest BCUT2D eigenvalue weighted by molar-refractivity contribution is 0.0785. The quantitative estimate of drug-likeness (QED) is 0.565. The van der Waals surface area contributed by atoms with Crippen molar-refractivity contribution in [2.75, 3.05) is 51.5 Å². The molecule has 5 nitrogen and oxygen atoms in total. The molecule has 0 aliphatic carbocycles. The second-order valence-electron chi connectivity index (χ2n) is 3.74. The Morgan fingerprint density at radius 3 is 2.53 bits per heavy atom. The summed E-state index contributed by atoms with van der Waals surface area (Å²) in [6.45, 7) is 2.88. The highest BCUT2D eigenvalue weighted by atomic mass is 32.2. The highest BCUT2D eigenvalue weighted by molar-refractivity contribution is 7.91. The fourth-order valence-corrected chi connectivity index (χ4v) is 2.83. The molecule has 0 unspecified atom stereocenters. The molecule has 0 radical (unpaired) electrons. The van der Waals surface area contributed by atoms with Gasteiger partial charge in [0, 0.05) is 20.2 Å². The molecule has 1 aliphatic heterocycles. The number of hydrogen-bond acceptors (Lipinski definition) is 5. The zero-order valence-corrected chi connectivity index (χ0v) is 9.88. The van der Waals surface area contributed by atoms with Crippen LogP contribution in [0.15, 0.2) is 0 Å². The highest BCUT2D eigenvalue weighted by Crippen LogP contribution is 2.07. The van der Waals surface area contributed by atoms with Crippen LogP contribution < -0.4 is 5.32 Å². The number of rotatable bonds is 8. The molecule has 1 heterocycles. The number of hydrogen-bond donors (Lipinski definition) is 1. The van der Waals surface area contributed by atoms with E-state index in [0.717, 1.165) is 13.1 Å². The van der Waals surface area contributed by atoms with Crippen molar-refractivity contribution in [2.24, 2.45) is 5.92 Å². The van der Waals surface area contributed by atoms with Crippen LogP contribution in [0, 0.1) is 5.92 Å². The Bertz CT molecular complexity index is 261. The Hall–Kier alpha value is -0.170. The van der Waals surface area contributed by atoms with Crippen molar-refractivity contribution < 1.29 is 17.9 Å². The molecule has 1 N–H and O–H groups in total. The third-order valence-electron chi connectivity index (χ3n) is 2.33. The molecule has 1 rings (SSSR count). The van der Waals surface area contributed by atoms with Gasteiger partial charge in [0.25, 0.3) is 0 Å². The lowest BCUT2D eigenvalue weighted by Gasteiger charge is -2.26. The van der Waals surface area contributed by atoms with Crippen LogP contribution >= 0.6 is 0 Å². The molecule has 1 saturated heterocycles. The van der Waals surface area contributed by atoms with Crippen molar-refractivity contribution in [2.45, 2.75) is 0 Å². The van der Waals surface area contributed by atoms with Crippen LogP contribution in [-0.2, 0) is 19.3 Å². The van der Waals surface area contributed by atoms with Crippen LogP contribution in [0.2, 0.25) is 0 Å². The van der Waals surface area contributed by atoms with Gasteiger partial charge >= 0.3 is 0 Å². The molecule has 1 aliphatic rings. The topological polar surface area (TPSA) is 64.6 Å². The first-order valence-electron chi connectivity index (χ1n) is 5.12. The van der Waals surface area contributed by atoms with Crippen molar-refractivity contribution in [3.63, 3.8) is 0 Å². The predicted octanol–water partition coefficient (Wildman–Crippen LogP) is -0.716. The van der Waals surface area contributed by atoms with Crippen LogP contribution in [0.25, 0.3) is 0 Å². The minimum atomic E-state index is -2.93. The molecule has 0 spiro atoms. The smallest absolute Gasteiger partial charge is 0.152 e. The maximum absolute atomic E-state index is 11.5. The Labute approximate surface area is 91.1 Å². The van der Waals surface area contributed by atoms with Gasteiger partial charge in [-0.3, -0.25) is 0 Å². The summed E-state index contributed by atoms with van der Waals surface area (Å²) in [5, 5.41) is 3.06. The third-order valence-corrected chi connectivity index (χ3v) is 4.09. The van der Waals surface area contributed by atoms with Gasteiger partial charge in [-0.2, -0.15) is 0 Å². The van der Waals surface area contributed by atoms with Gasteiger partial charge < -0.3 is 14.8 Å². The summed E-state index contributed by atoms with van der Waals surface area (Å²) in [6, 6.07) is 0. The van der Waals surface area contributed by atoms with E-state index in [9.17, 15) is 8.42 Å². The normalized spacial score (nSPS) is 17.7. The van der Waals surface area contributed by atoms with E-state index in [0.29, 0.717) is 19.1 Å². The van der Waals surface area contributed by atoms with E-state index in [4.69, 9.17) is 9.47 Å². The largest absolute Gasteiger partial charge is 0.382 e. The number of nitrogens with one attached hydrogen (secondary N) is 1. The molecule has 0 amide bonds. The van der Waals surface area contributed by atoms with Gasteiger partial charge in [-0.05, 0) is 5.92 Å². The predicted molar refractivity (Wildman–Crippen MR) is 57.7 cm³/mol. The summed E-state index contributed by atoms with van der Waals surface area (Å²) >= 11 is 0. The highest BCUT2D eigenvalue weighted by Gasteiger charge is 2.23. The third kappa shape index (κ3) is 5.46. The molecule has 90 valence electrons. The number of ether oxygens (including phenoxy) is 2. The van der Waals surface area contributed by atoms with Crippen LogP contribution in [0.1, 0.15) is 0 Å². The van der Waals surface area contributed by atoms with Crippen LogP contribution in [0.3, 0.4) is 0 Å². The van der Waals surface area contributed by atoms with Crippen LogP contribution in [0.5, 0.6) is 0 Å². The summed E-state index contributed by atoms with van der Waals surface area (Å²) in [6.07, 6.45) is 0. The second kappa shape index (κ2) is 6.42. The summed E-state index contributed by atoms with van der Waals surface area (Å²) < 4.78 is 33.0. The van der Waals surface area contributed by atoms with E-state index < -0.39 is 9.84 Å². The van der Waals surface area contributed by atoms with Crippen molar-refractivity contribution in [1.29, 1.82) is 0 Å². The minimum absolute atomic E-state index is 0.118. The van der Waals surface area contributed by atoms with E-state index in [-0.39, 0.29) is 18.1 Å². The monoisotopic (exact) mass is 237 g/mol. The lowest BCUT2D eigenvalue weighted by Crippen LogP contribution is -2.46. The van der Waals surface area contributed by atoms with Gasteiger partial charge in [0.05, 0.1) is 31.3 Å². The van der Waals surface area contributed by atoms with Crippen molar-refractivity contribution >= 4 is 9.84 Å². The maximum Gasteiger partial charge on any atom is 0.152 e. The van der Waals surface area contributed by atoms with Gasteiger partial charge in [-0.25, -0.2) is 8.42 Å². The first-order chi connectivity index (χ1) is 7.14. The summed E-state index contributed by atoms with van der Waals surface area (Å²) in [4.78, 5) is 0. The first kappa shape index (κ1) is 12.9. The fourth-order valence-electron chi connectivity index (χ4n) is 1.34. The average Bonchev–Trinajstić information content (AvgIpc) is 2.12. The Morgan fingerprint density at radius 1 is 1.27 bits per heavy atom. The molecule has 15 heavy (non-hydrogen) atoms. The molecule has 1 fully saturated rings. The minimum Gasteiger partial charge on any atom is -0.382 e. The van der Waals surface area contributed by atoms with Gasteiger partial charge in [0.15, 0.2) is 9.84 Å². The van der Waals surface area contributed by atoms with Gasteiger partial charge in [-0.1, -0.05) is 0 Å². The Kier molecular flexibility index (Phi) is 5.52. The maximum atomic E-state index is 11.5. The number of sulfone groups is 1. The van der Waals surface area contributed by atoms with E-state index >= 15 is 0 Å². The molecule has 6 heteroatoms. The van der Waals surface area contributed by atoms with E-state index in [2.05, 4.69) is 5.32 Å². The van der Waals surface area contributed by atoms with E-state index in [1.807, 2.05) is 0 Å². The van der Waals surface area contributed by atoms with Crippen molar-refractivity contribution in [3.8, 4) is 0 Å². The lowest BCUT2D eigenvalue weighted by atomic mass is 10.1. The van der Waals surface area contributed by atoms with Gasteiger partial charge in [-0.15, -0.1) is 0 Å². The zero-order valence-electron chi connectivity index (χ0n) is 9.07. The van der Waals surface area contributed by atoms with E-state index in [1.54, 1.807) is 7.11 Å². The zero-order chi connectivity index (χ0) is 11.1. The molecule has 0 saturated carbocycles. The van der Waals surface area contributed by atoms with Crippen LogP contribution in [-0.4, -0.2) is 59.9 Å². The molecular weight excluding hydrogens is 218 g/mol. The second-order valence-corrected chi connectivity index (χ2v) is 5.97. The van der Waals surface area contributed by atoms with Crippen molar-refractivity contribution in [3.05, 3.63) is 0 Å². The molecule has 0 aromatic rings. The Balaban J connectivity index is 2.07. The van der Waals surface area contributed by atoms with Crippen molar-refractivity contribution in [1.82, 2.24) is 5.32 Å². The fraction of sp³-hybridized carbons (Fsp3) is 1.00. The Morgan fingerprint density at radius 2 is 2.00 bits per heavy atom. The van der Waals surface area contributed by atoms with E-state index in [1.165, 1.54) is 0 Å². The van der Waals surface area contributed by atoms with Gasteiger partial charge in [0.1, 0.15) is 0 Å². The molecule has 0 bridgehead atoms. The summed E-state index contributed by atoms with van der Waals surface area (Å²) in [7, 11) is -1.35. The first-order valence-corrected chi connectivity index (χ1v) is 6.94. The summed E-state index contributed by atoms with van der Waals surface area (Å²) in [5.74, 6) is 0.704. The molecule has 0 aromatic heterocycles. The molecular formula is C9H19NO4S. The molecule has 0 atom stereocenters. The van der Waals surface area contributed by atoms with Gasteiger partial charge in [0.2, 0.25) is 0 Å². The van der Waals surface area contributed by atoms with Crippen LogP contribution in [0.4, 0.5) is 0 Å². The standard InChI is InChI=1S/C9H19NO4S/c1-13-2-3-14-4-5-15(11,12)8-9-6-10-7-9/h9-10H,2-8H2,1H3. The molecule has 0 aromatic carbocycles. The average molecular weight is 237 g/mol. The summed E-state index contributed by atoms with van der Waals surface area (Å²) in [5.41, 5.74) is 0. The SMILES string of the molecule is COCCOCCS(=O)(=O)CC1CNC1.